The van der Waals surface area contributed by atoms with Gasteiger partial charge in [0.1, 0.15) is 18.1 Å². The molecule has 2 amide bonds. The molecule has 1 heterocycles. The molecule has 6 heteroatoms. The molecule has 0 fully saturated rings. The third-order valence-electron chi connectivity index (χ3n) is 5.68. The normalized spacial score (nSPS) is 15.1. The van der Waals surface area contributed by atoms with Crippen molar-refractivity contribution in [3.63, 3.8) is 0 Å². The highest BCUT2D eigenvalue weighted by atomic mass is 16.5. The lowest BCUT2D eigenvalue weighted by Crippen LogP contribution is -2.42. The van der Waals surface area contributed by atoms with Gasteiger partial charge in [-0.05, 0) is 62.4 Å². The van der Waals surface area contributed by atoms with Crippen molar-refractivity contribution < 1.29 is 19.1 Å². The van der Waals surface area contributed by atoms with E-state index in [1.54, 1.807) is 7.11 Å². The van der Waals surface area contributed by atoms with Crippen LogP contribution in [0.25, 0.3) is 0 Å². The second-order valence-corrected chi connectivity index (χ2v) is 9.39. The van der Waals surface area contributed by atoms with Gasteiger partial charge in [0, 0.05) is 24.7 Å². The first-order valence-corrected chi connectivity index (χ1v) is 11.2. The standard InChI is InChI=1S/C26H34N2O4/c1-18(2)14-15-28-22-12-9-20(16-23(22)32-17-26(3,4)25(28)30)27-24(29)13-8-19-6-10-21(31-5)11-7-19/h6-7,9-12,16,18H,8,13-15,17H2,1-5H3,(H,27,29). The van der Waals surface area contributed by atoms with Gasteiger partial charge < -0.3 is 19.7 Å². The molecule has 0 spiro atoms. The first kappa shape index (κ1) is 23.6. The van der Waals surface area contributed by atoms with Gasteiger partial charge in [-0.1, -0.05) is 26.0 Å². The van der Waals surface area contributed by atoms with Crippen LogP contribution in [0.15, 0.2) is 42.5 Å². The molecule has 2 aromatic carbocycles. The van der Waals surface area contributed by atoms with Gasteiger partial charge in [0.25, 0.3) is 0 Å². The van der Waals surface area contributed by atoms with E-state index in [1.165, 1.54) is 0 Å². The zero-order valence-electron chi connectivity index (χ0n) is 19.7. The van der Waals surface area contributed by atoms with Crippen molar-refractivity contribution in [2.75, 3.05) is 30.5 Å². The molecule has 0 unspecified atom stereocenters. The van der Waals surface area contributed by atoms with Gasteiger partial charge in [-0.2, -0.15) is 0 Å². The minimum absolute atomic E-state index is 0.0631. The lowest BCUT2D eigenvalue weighted by molar-refractivity contribution is -0.127. The molecule has 172 valence electrons. The molecule has 0 saturated heterocycles. The summed E-state index contributed by atoms with van der Waals surface area (Å²) in [6, 6.07) is 13.2. The number of fused-ring (bicyclic) bond motifs is 1. The van der Waals surface area contributed by atoms with E-state index in [0.29, 0.717) is 43.3 Å². The summed E-state index contributed by atoms with van der Waals surface area (Å²) in [6.45, 7) is 9.05. The number of rotatable bonds is 8. The minimum atomic E-state index is -0.613. The molecule has 6 nitrogen and oxygen atoms in total. The van der Waals surface area contributed by atoms with Crippen LogP contribution < -0.4 is 19.7 Å². The summed E-state index contributed by atoms with van der Waals surface area (Å²) in [5.74, 6) is 1.91. The van der Waals surface area contributed by atoms with E-state index in [0.717, 1.165) is 23.4 Å². The van der Waals surface area contributed by atoms with Crippen LogP contribution in [0.5, 0.6) is 11.5 Å². The van der Waals surface area contributed by atoms with Crippen molar-refractivity contribution in [3.05, 3.63) is 48.0 Å². The molecular formula is C26H34N2O4. The van der Waals surface area contributed by atoms with Gasteiger partial charge >= 0.3 is 0 Å². The Kier molecular flexibility index (Phi) is 7.44. The van der Waals surface area contributed by atoms with Crippen molar-refractivity contribution in [1.82, 2.24) is 0 Å². The summed E-state index contributed by atoms with van der Waals surface area (Å²) >= 11 is 0. The van der Waals surface area contributed by atoms with E-state index in [-0.39, 0.29) is 11.8 Å². The molecule has 1 aliphatic heterocycles. The first-order valence-electron chi connectivity index (χ1n) is 11.2. The average Bonchev–Trinajstić information content (AvgIpc) is 2.85. The second kappa shape index (κ2) is 10.1. The molecule has 0 aliphatic carbocycles. The highest BCUT2D eigenvalue weighted by Crippen LogP contribution is 2.38. The number of nitrogens with zero attached hydrogens (tertiary/aromatic N) is 1. The molecule has 0 bridgehead atoms. The van der Waals surface area contributed by atoms with E-state index in [9.17, 15) is 9.59 Å². The Hall–Kier alpha value is -3.02. The molecule has 0 atom stereocenters. The minimum Gasteiger partial charge on any atom is -0.497 e. The Morgan fingerprint density at radius 1 is 1.19 bits per heavy atom. The maximum Gasteiger partial charge on any atom is 0.236 e. The quantitative estimate of drug-likeness (QED) is 0.625. The number of anilines is 2. The number of carbonyl (C=O) groups excluding carboxylic acids is 2. The van der Waals surface area contributed by atoms with Gasteiger partial charge in [0.2, 0.25) is 11.8 Å². The summed E-state index contributed by atoms with van der Waals surface area (Å²) in [4.78, 5) is 27.5. The summed E-state index contributed by atoms with van der Waals surface area (Å²) in [5, 5.41) is 2.96. The van der Waals surface area contributed by atoms with Crippen LogP contribution in [-0.2, 0) is 16.0 Å². The summed E-state index contributed by atoms with van der Waals surface area (Å²) in [7, 11) is 1.63. The van der Waals surface area contributed by atoms with Crippen molar-refractivity contribution in [3.8, 4) is 11.5 Å². The molecule has 0 radical (unpaired) electrons. The highest BCUT2D eigenvalue weighted by Gasteiger charge is 2.37. The van der Waals surface area contributed by atoms with Crippen LogP contribution in [0, 0.1) is 11.3 Å². The Balaban J connectivity index is 1.70. The third kappa shape index (κ3) is 5.81. The van der Waals surface area contributed by atoms with Crippen LogP contribution in [0.1, 0.15) is 46.1 Å². The van der Waals surface area contributed by atoms with Crippen molar-refractivity contribution in [2.45, 2.75) is 47.0 Å². The fourth-order valence-corrected chi connectivity index (χ4v) is 3.61. The van der Waals surface area contributed by atoms with Crippen LogP contribution >= 0.6 is 0 Å². The molecule has 32 heavy (non-hydrogen) atoms. The topological polar surface area (TPSA) is 67.9 Å². The van der Waals surface area contributed by atoms with Gasteiger partial charge in [0.05, 0.1) is 18.2 Å². The molecular weight excluding hydrogens is 404 g/mol. The predicted octanol–water partition coefficient (Wildman–Crippen LogP) is 5.06. The fraction of sp³-hybridized carbons (Fsp3) is 0.462. The van der Waals surface area contributed by atoms with E-state index >= 15 is 0 Å². The highest BCUT2D eigenvalue weighted by molar-refractivity contribution is 6.00. The van der Waals surface area contributed by atoms with Gasteiger partial charge in [0.15, 0.2) is 0 Å². The van der Waals surface area contributed by atoms with Gasteiger partial charge in [-0.15, -0.1) is 0 Å². The molecule has 1 aliphatic rings. The predicted molar refractivity (Wildman–Crippen MR) is 127 cm³/mol. The number of ether oxygens (including phenoxy) is 2. The Morgan fingerprint density at radius 3 is 2.56 bits per heavy atom. The molecule has 2 aromatic rings. The summed E-state index contributed by atoms with van der Waals surface area (Å²) in [6.07, 6.45) is 1.92. The zero-order valence-corrected chi connectivity index (χ0v) is 19.7. The average molecular weight is 439 g/mol. The van der Waals surface area contributed by atoms with Crippen LogP contribution in [0.2, 0.25) is 0 Å². The van der Waals surface area contributed by atoms with E-state index < -0.39 is 5.41 Å². The van der Waals surface area contributed by atoms with E-state index in [2.05, 4.69) is 19.2 Å². The SMILES string of the molecule is COc1ccc(CCC(=O)Nc2ccc3c(c2)OCC(C)(C)C(=O)N3CCC(C)C)cc1. The van der Waals surface area contributed by atoms with E-state index in [1.807, 2.05) is 61.2 Å². The van der Waals surface area contributed by atoms with E-state index in [4.69, 9.17) is 9.47 Å². The molecule has 0 saturated carbocycles. The third-order valence-corrected chi connectivity index (χ3v) is 5.68. The van der Waals surface area contributed by atoms with Crippen molar-refractivity contribution in [1.29, 1.82) is 0 Å². The molecule has 0 aromatic heterocycles. The Morgan fingerprint density at radius 2 is 1.91 bits per heavy atom. The number of methoxy groups -OCH3 is 1. The maximum absolute atomic E-state index is 13.1. The summed E-state index contributed by atoms with van der Waals surface area (Å²) < 4.78 is 11.2. The second-order valence-electron chi connectivity index (χ2n) is 9.39. The maximum atomic E-state index is 13.1. The molecule has 3 rings (SSSR count). The lowest BCUT2D eigenvalue weighted by atomic mass is 9.92. The fourth-order valence-electron chi connectivity index (χ4n) is 3.61. The molecule has 1 N–H and O–H groups in total. The largest absolute Gasteiger partial charge is 0.497 e. The Bertz CT molecular complexity index is 951. The van der Waals surface area contributed by atoms with Crippen molar-refractivity contribution >= 4 is 23.2 Å². The Labute approximate surface area is 190 Å². The van der Waals surface area contributed by atoms with Crippen LogP contribution in [-0.4, -0.2) is 32.1 Å². The summed E-state index contributed by atoms with van der Waals surface area (Å²) in [5.41, 5.74) is 1.89. The lowest BCUT2D eigenvalue weighted by Gasteiger charge is -2.28. The van der Waals surface area contributed by atoms with Gasteiger partial charge in [-0.25, -0.2) is 0 Å². The number of nitrogens with one attached hydrogen (secondary N) is 1. The number of hydrogen-bond donors (Lipinski definition) is 1. The number of benzene rings is 2. The zero-order chi connectivity index (χ0) is 23.3. The number of aryl methyl sites for hydroxylation is 1. The van der Waals surface area contributed by atoms with Crippen LogP contribution in [0.4, 0.5) is 11.4 Å². The van der Waals surface area contributed by atoms with Gasteiger partial charge in [-0.3, -0.25) is 9.59 Å². The van der Waals surface area contributed by atoms with Crippen molar-refractivity contribution in [2.24, 2.45) is 11.3 Å². The number of amides is 2. The first-order chi connectivity index (χ1) is 15.2. The van der Waals surface area contributed by atoms with Crippen LogP contribution in [0.3, 0.4) is 0 Å². The monoisotopic (exact) mass is 438 g/mol. The number of carbonyl (C=O) groups is 2. The number of hydrogen-bond acceptors (Lipinski definition) is 4. The smallest absolute Gasteiger partial charge is 0.236 e.